The van der Waals surface area contributed by atoms with Gasteiger partial charge in [0.1, 0.15) is 35.4 Å². The third-order valence-corrected chi connectivity index (χ3v) is 11.7. The molecule has 21 heteroatoms. The van der Waals surface area contributed by atoms with Crippen molar-refractivity contribution in [1.29, 1.82) is 0 Å². The minimum atomic E-state index is -4.10. The van der Waals surface area contributed by atoms with Crippen LogP contribution in [0.2, 0.25) is 0 Å². The van der Waals surface area contributed by atoms with Crippen LogP contribution in [-0.2, 0) is 34.3 Å². The van der Waals surface area contributed by atoms with Crippen LogP contribution in [0.3, 0.4) is 0 Å². The normalized spacial score (nSPS) is 18.5. The average molecular weight is 853 g/mol. The van der Waals surface area contributed by atoms with Crippen LogP contribution in [0.1, 0.15) is 63.9 Å². The number of aromatic nitrogens is 4. The van der Waals surface area contributed by atoms with Gasteiger partial charge >= 0.3 is 0 Å². The fraction of sp³-hybridized carbons (Fsp3) is 0.395. The van der Waals surface area contributed by atoms with Crippen LogP contribution in [0.4, 0.5) is 44.6 Å². The van der Waals surface area contributed by atoms with Gasteiger partial charge in [0.05, 0.1) is 46.8 Å². The van der Waals surface area contributed by atoms with Crippen molar-refractivity contribution in [1.82, 2.24) is 30.0 Å². The van der Waals surface area contributed by atoms with Crippen LogP contribution in [0, 0.1) is 17.5 Å². The largest absolute Gasteiger partial charge is 0.378 e. The van der Waals surface area contributed by atoms with E-state index >= 15 is 8.78 Å². The average Bonchev–Trinajstić information content (AvgIpc) is 3.75. The molecule has 0 bridgehead atoms. The third kappa shape index (κ3) is 7.94. The molecule has 3 aliphatic rings. The van der Waals surface area contributed by atoms with Crippen LogP contribution in [0.25, 0.3) is 21.5 Å². The van der Waals surface area contributed by atoms with Crippen molar-refractivity contribution in [2.24, 2.45) is 5.73 Å². The molecule has 2 fully saturated rings. The Hall–Kier alpha value is -5.28. The van der Waals surface area contributed by atoms with Gasteiger partial charge in [-0.15, -0.1) is 0 Å². The molecule has 0 radical (unpaired) electrons. The SMILES string of the molecule is NC(=O)c1cc(-c2cc3sc(N4CCN(C5COC5)CC4)nc3nc2C(Cc2cc(F)cc(F)c2)NC(=O)Cn2nc(C(F)F)c3c2C(F)(F)CCC3(F)F)ccc1F. The van der Waals surface area contributed by atoms with Crippen LogP contribution in [-0.4, -0.2) is 81.9 Å². The second-order valence-corrected chi connectivity index (χ2v) is 15.6. The predicted molar refractivity (Wildman–Crippen MR) is 195 cm³/mol. The summed E-state index contributed by atoms with van der Waals surface area (Å²) >= 11 is 1.27. The number of pyridine rings is 1. The highest BCUT2D eigenvalue weighted by atomic mass is 32.1. The van der Waals surface area contributed by atoms with E-state index < -0.39 is 102 Å². The summed E-state index contributed by atoms with van der Waals surface area (Å²) in [4.78, 5) is 39.9. The summed E-state index contributed by atoms with van der Waals surface area (Å²) in [5.74, 6) is -13.4. The van der Waals surface area contributed by atoms with E-state index in [2.05, 4.69) is 20.2 Å². The number of carbonyl (C=O) groups is 2. The van der Waals surface area contributed by atoms with E-state index in [1.54, 1.807) is 6.07 Å². The zero-order chi connectivity index (χ0) is 42.0. The number of nitrogens with one attached hydrogen (secondary N) is 1. The van der Waals surface area contributed by atoms with Crippen molar-refractivity contribution in [3.63, 3.8) is 0 Å². The first-order valence-electron chi connectivity index (χ1n) is 18.3. The molecule has 5 heterocycles. The molecule has 11 nitrogen and oxygen atoms in total. The minimum Gasteiger partial charge on any atom is -0.378 e. The van der Waals surface area contributed by atoms with Crippen LogP contribution in [0.15, 0.2) is 42.5 Å². The Balaban J connectivity index is 1.22. The monoisotopic (exact) mass is 852 g/mol. The van der Waals surface area contributed by atoms with E-state index in [1.165, 1.54) is 17.4 Å². The first-order valence-corrected chi connectivity index (χ1v) is 19.2. The summed E-state index contributed by atoms with van der Waals surface area (Å²) in [6, 6.07) is 6.43. The molecule has 59 heavy (non-hydrogen) atoms. The van der Waals surface area contributed by atoms with E-state index in [0.717, 1.165) is 37.4 Å². The van der Waals surface area contributed by atoms with Crippen molar-refractivity contribution in [3.8, 4) is 11.1 Å². The molecule has 3 aromatic heterocycles. The smallest absolute Gasteiger partial charge is 0.290 e. The van der Waals surface area contributed by atoms with Crippen LogP contribution in [0.5, 0.6) is 0 Å². The molecular weight excluding hydrogens is 820 g/mol. The number of alkyl halides is 6. The number of benzene rings is 2. The van der Waals surface area contributed by atoms with E-state index in [-0.39, 0.29) is 32.7 Å². The van der Waals surface area contributed by atoms with E-state index in [4.69, 9.17) is 20.4 Å². The Morgan fingerprint density at radius 2 is 1.61 bits per heavy atom. The van der Waals surface area contributed by atoms with E-state index in [0.29, 0.717) is 48.2 Å². The number of ether oxygens (including phenoxy) is 1. The van der Waals surface area contributed by atoms with Gasteiger partial charge in [0.25, 0.3) is 24.2 Å². The molecule has 1 atom stereocenters. The van der Waals surface area contributed by atoms with Gasteiger partial charge in [0, 0.05) is 50.7 Å². The highest BCUT2D eigenvalue weighted by Gasteiger charge is 2.55. The number of nitrogens with two attached hydrogens (primary N) is 1. The highest BCUT2D eigenvalue weighted by molar-refractivity contribution is 7.22. The lowest BCUT2D eigenvalue weighted by molar-refractivity contribution is -0.123. The van der Waals surface area contributed by atoms with Gasteiger partial charge in [0.15, 0.2) is 10.8 Å². The van der Waals surface area contributed by atoms with Crippen molar-refractivity contribution in [2.75, 3.05) is 44.3 Å². The first kappa shape index (κ1) is 40.5. The molecular formula is C38H33F9N8O3S. The molecule has 8 rings (SSSR count). The zero-order valence-corrected chi connectivity index (χ0v) is 31.5. The molecule has 3 N–H and O–H groups in total. The molecule has 2 aliphatic heterocycles. The van der Waals surface area contributed by atoms with Crippen molar-refractivity contribution >= 4 is 38.6 Å². The number of rotatable bonds is 11. The predicted octanol–water partition coefficient (Wildman–Crippen LogP) is 6.61. The standard InChI is InChI=1S/C38H33F9N8O3S/c39-20-9-18(10-21(40)13-20)11-26(49-28(56)15-55-32-29(31(52-55)33(42)43)37(44,45)3-4-38(32,46)47)30-23(19-1-2-25(41)24(12-19)34(48)57)14-27-35(50-30)51-36(59-27)54-7-5-53(6-8-54)22-16-58-17-22/h1-2,9-10,12-14,22,26,33H,3-8,11,15-17H2,(H2,48,57)(H,49,56). The molecule has 1 aliphatic carbocycles. The molecule has 2 aromatic carbocycles. The Bertz CT molecular complexity index is 2430. The van der Waals surface area contributed by atoms with Crippen molar-refractivity contribution in [2.45, 2.75) is 56.2 Å². The number of anilines is 1. The highest BCUT2D eigenvalue weighted by Crippen LogP contribution is 2.52. The molecule has 1 unspecified atom stereocenters. The van der Waals surface area contributed by atoms with Gasteiger partial charge < -0.3 is 20.7 Å². The molecule has 5 aromatic rings. The fourth-order valence-corrected chi connectivity index (χ4v) is 8.69. The third-order valence-electron chi connectivity index (χ3n) is 10.6. The summed E-state index contributed by atoms with van der Waals surface area (Å²) in [6.07, 6.45) is -6.96. The number of thiazole rings is 1. The summed E-state index contributed by atoms with van der Waals surface area (Å²) < 4.78 is 138. The first-order chi connectivity index (χ1) is 28.0. The number of primary amides is 1. The number of hydrogen-bond donors (Lipinski definition) is 2. The fourth-order valence-electron chi connectivity index (χ4n) is 7.69. The van der Waals surface area contributed by atoms with E-state index in [9.17, 15) is 40.3 Å². The van der Waals surface area contributed by atoms with Gasteiger partial charge in [-0.05, 0) is 47.9 Å². The number of hydrogen-bond acceptors (Lipinski definition) is 9. The number of amides is 2. The Kier molecular flexibility index (Phi) is 10.6. The maximum absolute atomic E-state index is 15.2. The Morgan fingerprint density at radius 1 is 0.915 bits per heavy atom. The van der Waals surface area contributed by atoms with Gasteiger partial charge in [-0.2, -0.15) is 18.9 Å². The Labute approximate surface area is 332 Å². The Morgan fingerprint density at radius 3 is 2.25 bits per heavy atom. The van der Waals surface area contributed by atoms with Crippen LogP contribution >= 0.6 is 11.3 Å². The van der Waals surface area contributed by atoms with Crippen LogP contribution < -0.4 is 16.0 Å². The molecule has 2 amide bonds. The maximum Gasteiger partial charge on any atom is 0.290 e. The molecule has 2 saturated heterocycles. The quantitative estimate of drug-likeness (QED) is 0.142. The van der Waals surface area contributed by atoms with Gasteiger partial charge in [-0.25, -0.2) is 35.7 Å². The lowest BCUT2D eigenvalue weighted by Crippen LogP contribution is -2.56. The second kappa shape index (κ2) is 15.4. The molecule has 0 spiro atoms. The molecule has 0 saturated carbocycles. The summed E-state index contributed by atoms with van der Waals surface area (Å²) in [7, 11) is 0. The number of piperazine rings is 1. The topological polar surface area (TPSA) is 132 Å². The zero-order valence-electron chi connectivity index (χ0n) is 30.6. The number of nitrogens with zero attached hydrogens (tertiary/aromatic N) is 6. The summed E-state index contributed by atoms with van der Waals surface area (Å²) in [5.41, 5.74) is 0.540. The van der Waals surface area contributed by atoms with Gasteiger partial charge in [-0.3, -0.25) is 19.2 Å². The number of fused-ring (bicyclic) bond motifs is 2. The second-order valence-electron chi connectivity index (χ2n) is 14.6. The lowest BCUT2D eigenvalue weighted by atomic mass is 9.89. The van der Waals surface area contributed by atoms with Crippen molar-refractivity contribution < 1.29 is 53.8 Å². The summed E-state index contributed by atoms with van der Waals surface area (Å²) in [6.45, 7) is 2.76. The minimum absolute atomic E-state index is 0.0334. The number of carbonyl (C=O) groups excluding carboxylic acids is 2. The van der Waals surface area contributed by atoms with Crippen molar-refractivity contribution in [3.05, 3.63) is 93.7 Å². The number of halogens is 9. The summed E-state index contributed by atoms with van der Waals surface area (Å²) in [5, 5.41) is 6.47. The molecule has 312 valence electrons. The lowest BCUT2D eigenvalue weighted by Gasteiger charge is -2.42. The maximum atomic E-state index is 15.2. The van der Waals surface area contributed by atoms with Gasteiger partial charge in [0.2, 0.25) is 5.91 Å². The van der Waals surface area contributed by atoms with E-state index in [1.807, 2.05) is 0 Å². The van der Waals surface area contributed by atoms with Gasteiger partial charge in [-0.1, -0.05) is 17.4 Å².